The SMILES string of the molecule is CCOC(=O)c1cc(Cn2c(C)cc(-c3ccc(C#N)cc3)c2C)ccc1Cl. The predicted octanol–water partition coefficient (Wildman–Crippen LogP) is 5.52. The van der Waals surface area contributed by atoms with Crippen LogP contribution in [0.4, 0.5) is 0 Å². The van der Waals surface area contributed by atoms with Crippen molar-refractivity contribution < 1.29 is 9.53 Å². The lowest BCUT2D eigenvalue weighted by Crippen LogP contribution is -2.08. The van der Waals surface area contributed by atoms with E-state index in [1.54, 1.807) is 19.1 Å². The molecule has 0 N–H and O–H groups in total. The number of nitriles is 1. The van der Waals surface area contributed by atoms with Crippen LogP contribution in [-0.2, 0) is 11.3 Å². The van der Waals surface area contributed by atoms with Crippen molar-refractivity contribution >= 4 is 17.6 Å². The smallest absolute Gasteiger partial charge is 0.339 e. The summed E-state index contributed by atoms with van der Waals surface area (Å²) >= 11 is 6.17. The van der Waals surface area contributed by atoms with Gasteiger partial charge in [-0.1, -0.05) is 29.8 Å². The first-order valence-electron chi connectivity index (χ1n) is 9.07. The van der Waals surface area contributed by atoms with Crippen molar-refractivity contribution in [1.82, 2.24) is 4.57 Å². The van der Waals surface area contributed by atoms with E-state index in [-0.39, 0.29) is 0 Å². The Balaban J connectivity index is 1.93. The van der Waals surface area contributed by atoms with Crippen molar-refractivity contribution in [2.45, 2.75) is 27.3 Å². The lowest BCUT2D eigenvalue weighted by atomic mass is 10.0. The summed E-state index contributed by atoms with van der Waals surface area (Å²) in [5.74, 6) is -0.409. The Bertz CT molecular complexity index is 1060. The third-order valence-electron chi connectivity index (χ3n) is 4.77. The molecule has 0 unspecified atom stereocenters. The Kier molecular flexibility index (Phi) is 5.87. The van der Waals surface area contributed by atoms with E-state index in [1.807, 2.05) is 30.3 Å². The molecule has 0 saturated carbocycles. The second-order valence-electron chi connectivity index (χ2n) is 6.59. The summed E-state index contributed by atoms with van der Waals surface area (Å²) in [6.45, 7) is 6.83. The molecule has 5 heteroatoms. The average molecular weight is 393 g/mol. The summed E-state index contributed by atoms with van der Waals surface area (Å²) < 4.78 is 7.29. The quantitative estimate of drug-likeness (QED) is 0.537. The highest BCUT2D eigenvalue weighted by atomic mass is 35.5. The van der Waals surface area contributed by atoms with Crippen LogP contribution in [0.25, 0.3) is 11.1 Å². The number of aromatic nitrogens is 1. The molecular formula is C23H21ClN2O2. The fourth-order valence-electron chi connectivity index (χ4n) is 3.28. The van der Waals surface area contributed by atoms with Crippen molar-refractivity contribution in [3.8, 4) is 17.2 Å². The summed E-state index contributed by atoms with van der Waals surface area (Å²) in [4.78, 5) is 12.1. The third kappa shape index (κ3) is 3.95. The highest BCUT2D eigenvalue weighted by Crippen LogP contribution is 2.28. The van der Waals surface area contributed by atoms with Crippen LogP contribution in [0.2, 0.25) is 5.02 Å². The highest BCUT2D eigenvalue weighted by molar-refractivity contribution is 6.33. The van der Waals surface area contributed by atoms with E-state index in [0.29, 0.717) is 29.3 Å². The van der Waals surface area contributed by atoms with Crippen LogP contribution in [0.15, 0.2) is 48.5 Å². The maximum Gasteiger partial charge on any atom is 0.339 e. The molecule has 0 atom stereocenters. The Morgan fingerprint density at radius 3 is 2.50 bits per heavy atom. The van der Waals surface area contributed by atoms with Crippen molar-refractivity contribution in [2.75, 3.05) is 6.61 Å². The van der Waals surface area contributed by atoms with E-state index < -0.39 is 5.97 Å². The number of hydrogen-bond donors (Lipinski definition) is 0. The average Bonchev–Trinajstić information content (AvgIpc) is 2.97. The number of aryl methyl sites for hydroxylation is 1. The zero-order valence-electron chi connectivity index (χ0n) is 16.1. The molecule has 142 valence electrons. The molecule has 0 aliphatic rings. The van der Waals surface area contributed by atoms with Gasteiger partial charge in [0.2, 0.25) is 0 Å². The molecular weight excluding hydrogens is 372 g/mol. The van der Waals surface area contributed by atoms with Gasteiger partial charge in [0.15, 0.2) is 0 Å². The minimum atomic E-state index is -0.409. The number of carbonyl (C=O) groups excluding carboxylic acids is 1. The van der Waals surface area contributed by atoms with Crippen LogP contribution >= 0.6 is 11.6 Å². The van der Waals surface area contributed by atoms with Crippen molar-refractivity contribution in [3.63, 3.8) is 0 Å². The second-order valence-corrected chi connectivity index (χ2v) is 7.00. The summed E-state index contributed by atoms with van der Waals surface area (Å²) in [5, 5.41) is 9.37. The van der Waals surface area contributed by atoms with Gasteiger partial charge in [0, 0.05) is 23.5 Å². The molecule has 0 aliphatic carbocycles. The maximum atomic E-state index is 12.1. The Morgan fingerprint density at radius 1 is 1.14 bits per heavy atom. The zero-order chi connectivity index (χ0) is 20.3. The number of hydrogen-bond acceptors (Lipinski definition) is 3. The fraction of sp³-hybridized carbons (Fsp3) is 0.217. The zero-order valence-corrected chi connectivity index (χ0v) is 16.9. The fourth-order valence-corrected chi connectivity index (χ4v) is 3.47. The summed E-state index contributed by atoms with van der Waals surface area (Å²) in [5.41, 5.74) is 6.43. The Labute approximate surface area is 169 Å². The number of halogens is 1. The summed E-state index contributed by atoms with van der Waals surface area (Å²) in [6.07, 6.45) is 0. The number of carbonyl (C=O) groups is 1. The molecule has 28 heavy (non-hydrogen) atoms. The van der Waals surface area contributed by atoms with Crippen LogP contribution in [-0.4, -0.2) is 17.1 Å². The lowest BCUT2D eigenvalue weighted by Gasteiger charge is -2.12. The van der Waals surface area contributed by atoms with Crippen molar-refractivity contribution in [1.29, 1.82) is 5.26 Å². The number of nitrogens with zero attached hydrogens (tertiary/aromatic N) is 2. The van der Waals surface area contributed by atoms with Gasteiger partial charge in [0.05, 0.1) is 28.8 Å². The molecule has 3 aromatic rings. The number of esters is 1. The van der Waals surface area contributed by atoms with Crippen LogP contribution in [0.3, 0.4) is 0 Å². The van der Waals surface area contributed by atoms with Gasteiger partial charge in [0.1, 0.15) is 0 Å². The van der Waals surface area contributed by atoms with Crippen LogP contribution in [0.5, 0.6) is 0 Å². The van der Waals surface area contributed by atoms with Gasteiger partial charge in [-0.3, -0.25) is 0 Å². The standard InChI is InChI=1S/C23H21ClN2O2/c1-4-28-23(27)21-12-18(7-10-22(21)24)14-26-15(2)11-20(16(26)3)19-8-5-17(13-25)6-9-19/h5-12H,4,14H2,1-3H3. The molecule has 0 aliphatic heterocycles. The molecule has 0 amide bonds. The normalized spacial score (nSPS) is 10.5. The van der Waals surface area contributed by atoms with E-state index in [1.165, 1.54) is 0 Å². The topological polar surface area (TPSA) is 55.0 Å². The highest BCUT2D eigenvalue weighted by Gasteiger charge is 2.15. The first-order valence-corrected chi connectivity index (χ1v) is 9.45. The minimum Gasteiger partial charge on any atom is -0.462 e. The van der Waals surface area contributed by atoms with Crippen molar-refractivity contribution in [2.24, 2.45) is 0 Å². The second kappa shape index (κ2) is 8.33. The molecule has 4 nitrogen and oxygen atoms in total. The number of rotatable bonds is 5. The predicted molar refractivity (Wildman–Crippen MR) is 111 cm³/mol. The monoisotopic (exact) mass is 392 g/mol. The largest absolute Gasteiger partial charge is 0.462 e. The Hall–Kier alpha value is -3.03. The van der Waals surface area contributed by atoms with Crippen LogP contribution in [0.1, 0.15) is 39.8 Å². The first kappa shape index (κ1) is 19.7. The Morgan fingerprint density at radius 2 is 1.86 bits per heavy atom. The molecule has 1 aromatic heterocycles. The molecule has 3 rings (SSSR count). The molecule has 1 heterocycles. The van der Waals surface area contributed by atoms with E-state index in [0.717, 1.165) is 28.1 Å². The van der Waals surface area contributed by atoms with Crippen molar-refractivity contribution in [3.05, 3.63) is 81.6 Å². The van der Waals surface area contributed by atoms with E-state index >= 15 is 0 Å². The molecule has 0 saturated heterocycles. The summed E-state index contributed by atoms with van der Waals surface area (Å²) in [7, 11) is 0. The van der Waals surface area contributed by atoms with Gasteiger partial charge in [0.25, 0.3) is 0 Å². The number of benzene rings is 2. The third-order valence-corrected chi connectivity index (χ3v) is 5.10. The molecule has 0 radical (unpaired) electrons. The van der Waals surface area contributed by atoms with Gasteiger partial charge >= 0.3 is 5.97 Å². The van der Waals surface area contributed by atoms with Gasteiger partial charge in [-0.05, 0) is 62.2 Å². The van der Waals surface area contributed by atoms with Gasteiger partial charge in [-0.25, -0.2) is 4.79 Å². The molecule has 0 fully saturated rings. The van der Waals surface area contributed by atoms with Crippen LogP contribution in [0, 0.1) is 25.2 Å². The molecule has 0 spiro atoms. The van der Waals surface area contributed by atoms with Gasteiger partial charge < -0.3 is 9.30 Å². The molecule has 2 aromatic carbocycles. The molecule has 0 bridgehead atoms. The minimum absolute atomic E-state index is 0.309. The summed E-state index contributed by atoms with van der Waals surface area (Å²) in [6, 6.07) is 17.3. The van der Waals surface area contributed by atoms with Gasteiger partial charge in [-0.15, -0.1) is 0 Å². The van der Waals surface area contributed by atoms with Crippen LogP contribution < -0.4 is 0 Å². The number of ether oxygens (including phenoxy) is 1. The van der Waals surface area contributed by atoms with E-state index in [9.17, 15) is 4.79 Å². The maximum absolute atomic E-state index is 12.1. The van der Waals surface area contributed by atoms with Gasteiger partial charge in [-0.2, -0.15) is 5.26 Å². The van der Waals surface area contributed by atoms with E-state index in [4.69, 9.17) is 21.6 Å². The lowest BCUT2D eigenvalue weighted by molar-refractivity contribution is 0.0526. The van der Waals surface area contributed by atoms with E-state index in [2.05, 4.69) is 30.6 Å². The first-order chi connectivity index (χ1) is 13.4.